The van der Waals surface area contributed by atoms with E-state index in [0.29, 0.717) is 6.61 Å². The Hall–Kier alpha value is -1.85. The van der Waals surface area contributed by atoms with Crippen LogP contribution in [0.1, 0.15) is 17.5 Å². The molecule has 0 saturated carbocycles. The fourth-order valence-corrected chi connectivity index (χ4v) is 2.84. The van der Waals surface area contributed by atoms with Crippen molar-refractivity contribution < 1.29 is 9.15 Å². The van der Waals surface area contributed by atoms with Crippen LogP contribution in [0.3, 0.4) is 0 Å². The lowest BCUT2D eigenvalue weighted by atomic mass is 10.2. The summed E-state index contributed by atoms with van der Waals surface area (Å²) < 4.78 is 12.3. The van der Waals surface area contributed by atoms with Crippen molar-refractivity contribution in [1.82, 2.24) is 10.3 Å². The molecule has 3 rings (SSSR count). The van der Waals surface area contributed by atoms with Crippen LogP contribution in [-0.2, 0) is 6.54 Å². The summed E-state index contributed by atoms with van der Waals surface area (Å²) in [5.74, 6) is 0.877. The molecule has 0 unspecified atom stereocenters. The molecule has 3 aromatic rings. The number of rotatable bonds is 7. The molecule has 0 aliphatic heterocycles. The van der Waals surface area contributed by atoms with Crippen LogP contribution in [0.4, 0.5) is 0 Å². The molecule has 0 spiro atoms. The predicted molar refractivity (Wildman–Crippen MR) is 94.7 cm³/mol. The largest absolute Gasteiger partial charge is 0.493 e. The van der Waals surface area contributed by atoms with Crippen molar-refractivity contribution in [2.75, 3.05) is 13.2 Å². The second-order valence-corrected chi connectivity index (χ2v) is 6.09. The summed E-state index contributed by atoms with van der Waals surface area (Å²) in [7, 11) is 0. The molecule has 2 aromatic heterocycles. The van der Waals surface area contributed by atoms with E-state index in [0.717, 1.165) is 46.5 Å². The maximum Gasteiger partial charge on any atom is 0.173 e. The number of pyridine rings is 1. The van der Waals surface area contributed by atoms with Gasteiger partial charge >= 0.3 is 0 Å². The van der Waals surface area contributed by atoms with Gasteiger partial charge in [-0.25, -0.2) is 0 Å². The molecule has 2 heterocycles. The highest BCUT2D eigenvalue weighted by molar-refractivity contribution is 9.10. The van der Waals surface area contributed by atoms with E-state index in [-0.39, 0.29) is 0 Å². The molecule has 0 atom stereocenters. The molecule has 5 heteroatoms. The van der Waals surface area contributed by atoms with Gasteiger partial charge in [0.25, 0.3) is 0 Å². The molecule has 0 aliphatic carbocycles. The SMILES string of the molecule is Cc1c(Br)oc2cccc(OCCCNCc3cccnc3)c12. The van der Waals surface area contributed by atoms with Crippen molar-refractivity contribution in [3.8, 4) is 5.75 Å². The van der Waals surface area contributed by atoms with E-state index in [1.807, 2.05) is 37.4 Å². The number of aryl methyl sites for hydroxylation is 1. The minimum absolute atomic E-state index is 0.668. The molecule has 0 saturated heterocycles. The van der Waals surface area contributed by atoms with Crippen LogP contribution in [-0.4, -0.2) is 18.1 Å². The summed E-state index contributed by atoms with van der Waals surface area (Å²) >= 11 is 3.43. The lowest BCUT2D eigenvalue weighted by molar-refractivity contribution is 0.311. The Balaban J connectivity index is 1.48. The monoisotopic (exact) mass is 374 g/mol. The van der Waals surface area contributed by atoms with Crippen molar-refractivity contribution in [2.45, 2.75) is 19.9 Å². The maximum absolute atomic E-state index is 5.93. The van der Waals surface area contributed by atoms with Gasteiger partial charge in [-0.05, 0) is 59.6 Å². The number of benzene rings is 1. The summed E-state index contributed by atoms with van der Waals surface area (Å²) in [5.41, 5.74) is 3.11. The first-order chi connectivity index (χ1) is 11.3. The lowest BCUT2D eigenvalue weighted by Gasteiger charge is -2.08. The van der Waals surface area contributed by atoms with E-state index >= 15 is 0 Å². The first-order valence-electron chi connectivity index (χ1n) is 7.66. The van der Waals surface area contributed by atoms with E-state index < -0.39 is 0 Å². The number of aromatic nitrogens is 1. The van der Waals surface area contributed by atoms with Gasteiger partial charge < -0.3 is 14.5 Å². The van der Waals surface area contributed by atoms with Crippen LogP contribution in [0.2, 0.25) is 0 Å². The van der Waals surface area contributed by atoms with E-state index in [9.17, 15) is 0 Å². The molecule has 4 nitrogen and oxygen atoms in total. The second kappa shape index (κ2) is 7.62. The predicted octanol–water partition coefficient (Wildman–Crippen LogP) is 4.46. The van der Waals surface area contributed by atoms with Gasteiger partial charge in [0.05, 0.1) is 12.0 Å². The number of furan rings is 1. The van der Waals surface area contributed by atoms with Gasteiger partial charge in [-0.1, -0.05) is 12.1 Å². The Labute approximate surface area is 144 Å². The average molecular weight is 375 g/mol. The van der Waals surface area contributed by atoms with Crippen molar-refractivity contribution >= 4 is 26.9 Å². The summed E-state index contributed by atoms with van der Waals surface area (Å²) in [6, 6.07) is 9.91. The van der Waals surface area contributed by atoms with Gasteiger partial charge in [-0.2, -0.15) is 0 Å². The maximum atomic E-state index is 5.93. The highest BCUT2D eigenvalue weighted by Gasteiger charge is 2.12. The fourth-order valence-electron chi connectivity index (χ4n) is 2.47. The van der Waals surface area contributed by atoms with Crippen LogP contribution in [0.25, 0.3) is 11.0 Å². The van der Waals surface area contributed by atoms with E-state index in [4.69, 9.17) is 9.15 Å². The molecule has 0 amide bonds. The molecule has 23 heavy (non-hydrogen) atoms. The van der Waals surface area contributed by atoms with Gasteiger partial charge in [0.1, 0.15) is 11.3 Å². The van der Waals surface area contributed by atoms with Gasteiger partial charge in [-0.15, -0.1) is 0 Å². The minimum Gasteiger partial charge on any atom is -0.493 e. The van der Waals surface area contributed by atoms with Crippen molar-refractivity contribution in [1.29, 1.82) is 0 Å². The van der Waals surface area contributed by atoms with E-state index in [2.05, 4.69) is 32.3 Å². The first-order valence-corrected chi connectivity index (χ1v) is 8.45. The quantitative estimate of drug-likeness (QED) is 0.620. The molecule has 0 aliphatic rings. The smallest absolute Gasteiger partial charge is 0.173 e. The minimum atomic E-state index is 0.668. The number of hydrogen-bond donors (Lipinski definition) is 1. The summed E-state index contributed by atoms with van der Waals surface area (Å²) in [6.07, 6.45) is 4.60. The zero-order valence-corrected chi connectivity index (χ0v) is 14.6. The number of hydrogen-bond acceptors (Lipinski definition) is 4. The zero-order valence-electron chi connectivity index (χ0n) is 13.0. The van der Waals surface area contributed by atoms with Crippen LogP contribution in [0, 0.1) is 6.92 Å². The number of ether oxygens (including phenoxy) is 1. The van der Waals surface area contributed by atoms with E-state index in [1.165, 1.54) is 5.56 Å². The third kappa shape index (κ3) is 3.92. The molecule has 0 bridgehead atoms. The highest BCUT2D eigenvalue weighted by Crippen LogP contribution is 2.35. The van der Waals surface area contributed by atoms with Crippen LogP contribution in [0.15, 0.2) is 51.8 Å². The van der Waals surface area contributed by atoms with Gasteiger partial charge in [0, 0.05) is 24.5 Å². The van der Waals surface area contributed by atoms with Gasteiger partial charge in [-0.3, -0.25) is 4.98 Å². The Kier molecular flexibility index (Phi) is 5.31. The third-order valence-electron chi connectivity index (χ3n) is 3.66. The topological polar surface area (TPSA) is 47.3 Å². The summed E-state index contributed by atoms with van der Waals surface area (Å²) in [6.45, 7) is 4.43. The van der Waals surface area contributed by atoms with Crippen LogP contribution >= 0.6 is 15.9 Å². The molecule has 1 N–H and O–H groups in total. The summed E-state index contributed by atoms with van der Waals surface area (Å²) in [5, 5.41) is 4.44. The number of nitrogens with zero attached hydrogens (tertiary/aromatic N) is 1. The Morgan fingerprint density at radius 2 is 2.17 bits per heavy atom. The first kappa shape index (κ1) is 16.0. The van der Waals surface area contributed by atoms with Crippen molar-refractivity contribution in [2.24, 2.45) is 0 Å². The van der Waals surface area contributed by atoms with Crippen molar-refractivity contribution in [3.05, 3.63) is 58.5 Å². The van der Waals surface area contributed by atoms with Gasteiger partial charge in [0.2, 0.25) is 0 Å². The number of halogens is 1. The molecule has 120 valence electrons. The standard InChI is InChI=1S/C18H19BrN2O2/c1-13-17-15(6-2-7-16(17)23-18(13)19)22-10-4-9-21-12-14-5-3-8-20-11-14/h2-3,5-8,11,21H,4,9-10,12H2,1H3. The molecular formula is C18H19BrN2O2. The normalized spacial score (nSPS) is 11.0. The third-order valence-corrected chi connectivity index (χ3v) is 4.42. The highest BCUT2D eigenvalue weighted by atomic mass is 79.9. The lowest BCUT2D eigenvalue weighted by Crippen LogP contribution is -2.17. The molecular weight excluding hydrogens is 356 g/mol. The fraction of sp³-hybridized carbons (Fsp3) is 0.278. The Morgan fingerprint density at radius 3 is 3.00 bits per heavy atom. The Bertz CT molecular complexity index is 771. The van der Waals surface area contributed by atoms with Crippen LogP contribution in [0.5, 0.6) is 5.75 Å². The van der Waals surface area contributed by atoms with Gasteiger partial charge in [0.15, 0.2) is 4.67 Å². The van der Waals surface area contributed by atoms with E-state index in [1.54, 1.807) is 6.20 Å². The zero-order chi connectivity index (χ0) is 16.1. The average Bonchev–Trinajstić information content (AvgIpc) is 2.87. The number of fused-ring (bicyclic) bond motifs is 1. The van der Waals surface area contributed by atoms with Crippen molar-refractivity contribution in [3.63, 3.8) is 0 Å². The molecule has 0 radical (unpaired) electrons. The number of nitrogens with one attached hydrogen (secondary N) is 1. The van der Waals surface area contributed by atoms with Crippen LogP contribution < -0.4 is 10.1 Å². The second-order valence-electron chi connectivity index (χ2n) is 5.37. The molecule has 1 aromatic carbocycles. The molecule has 0 fully saturated rings. The summed E-state index contributed by atoms with van der Waals surface area (Å²) in [4.78, 5) is 4.10. The Morgan fingerprint density at radius 1 is 1.26 bits per heavy atom.